The maximum absolute atomic E-state index is 12.4. The summed E-state index contributed by atoms with van der Waals surface area (Å²) in [6, 6.07) is -1.01. The predicted molar refractivity (Wildman–Crippen MR) is 168 cm³/mol. The van der Waals surface area contributed by atoms with Gasteiger partial charge in [-0.2, -0.15) is 0 Å². The second-order valence-corrected chi connectivity index (χ2v) is 11.1. The molecule has 0 bridgehead atoms. The highest BCUT2D eigenvalue weighted by Gasteiger charge is 2.28. The van der Waals surface area contributed by atoms with E-state index >= 15 is 0 Å². The summed E-state index contributed by atoms with van der Waals surface area (Å²) in [5, 5.41) is 43.1. The standard InChI is InChI=1S/C34H63NO5/c1-3-5-7-9-11-13-15-17-19-21-23-25-27-31(37)33(39)30(29-36)35-34(40)32(38)28-26-24-22-20-18-16-14-12-10-8-6-4-2/h11,13,18-21,30-33,36-39H,3-10,12,14-17,22-29H2,1-2H3,(H,35,40)/b13-11+,20-18-,21-19+. The van der Waals surface area contributed by atoms with E-state index in [9.17, 15) is 25.2 Å². The Bertz CT molecular complexity index is 648. The molecule has 1 amide bonds. The number of nitrogens with one attached hydrogen (secondary N) is 1. The molecule has 0 aliphatic heterocycles. The molecule has 0 aromatic heterocycles. The molecule has 0 spiro atoms. The number of allylic oxidation sites excluding steroid dienone is 6. The van der Waals surface area contributed by atoms with Crippen molar-refractivity contribution in [1.82, 2.24) is 5.32 Å². The van der Waals surface area contributed by atoms with Crippen molar-refractivity contribution < 1.29 is 25.2 Å². The predicted octanol–water partition coefficient (Wildman–Crippen LogP) is 7.06. The third-order valence-corrected chi connectivity index (χ3v) is 7.30. The molecule has 0 saturated carbocycles. The van der Waals surface area contributed by atoms with Gasteiger partial charge in [0.25, 0.3) is 0 Å². The van der Waals surface area contributed by atoms with E-state index in [1.165, 1.54) is 57.8 Å². The minimum atomic E-state index is -1.29. The third kappa shape index (κ3) is 23.3. The van der Waals surface area contributed by atoms with Crippen LogP contribution in [0.4, 0.5) is 0 Å². The molecule has 4 atom stereocenters. The van der Waals surface area contributed by atoms with Crippen LogP contribution in [-0.4, -0.2) is 57.3 Å². The van der Waals surface area contributed by atoms with Crippen LogP contribution < -0.4 is 5.32 Å². The molecule has 0 saturated heterocycles. The molecule has 0 radical (unpaired) electrons. The molecule has 5 N–H and O–H groups in total. The van der Waals surface area contributed by atoms with Crippen molar-refractivity contribution in [3.05, 3.63) is 36.5 Å². The molecule has 6 heteroatoms. The molecule has 0 rings (SSSR count). The Kier molecular flexibility index (Phi) is 28.0. The summed E-state index contributed by atoms with van der Waals surface area (Å²) in [5.41, 5.74) is 0. The fourth-order valence-electron chi connectivity index (χ4n) is 4.59. The van der Waals surface area contributed by atoms with Gasteiger partial charge in [-0.25, -0.2) is 0 Å². The van der Waals surface area contributed by atoms with Crippen molar-refractivity contribution in [2.45, 2.75) is 167 Å². The highest BCUT2D eigenvalue weighted by molar-refractivity contribution is 5.80. The third-order valence-electron chi connectivity index (χ3n) is 7.30. The summed E-state index contributed by atoms with van der Waals surface area (Å²) in [6.07, 6.45) is 30.2. The van der Waals surface area contributed by atoms with E-state index in [0.717, 1.165) is 44.9 Å². The van der Waals surface area contributed by atoms with E-state index in [1.54, 1.807) is 0 Å². The summed E-state index contributed by atoms with van der Waals surface area (Å²) in [4.78, 5) is 12.4. The molecule has 0 aliphatic carbocycles. The lowest BCUT2D eigenvalue weighted by molar-refractivity contribution is -0.132. The lowest BCUT2D eigenvalue weighted by Crippen LogP contribution is -2.53. The zero-order chi connectivity index (χ0) is 29.7. The number of carbonyl (C=O) groups is 1. The van der Waals surface area contributed by atoms with Gasteiger partial charge in [-0.1, -0.05) is 102 Å². The topological polar surface area (TPSA) is 110 Å². The maximum atomic E-state index is 12.4. The molecule has 40 heavy (non-hydrogen) atoms. The lowest BCUT2D eigenvalue weighted by Gasteiger charge is -2.27. The first kappa shape index (κ1) is 38.5. The van der Waals surface area contributed by atoms with Crippen molar-refractivity contribution in [1.29, 1.82) is 0 Å². The van der Waals surface area contributed by atoms with Gasteiger partial charge in [-0.15, -0.1) is 0 Å². The van der Waals surface area contributed by atoms with E-state index in [1.807, 2.05) is 0 Å². The Morgan fingerprint density at radius 1 is 0.600 bits per heavy atom. The first-order valence-corrected chi connectivity index (χ1v) is 16.4. The number of aliphatic hydroxyl groups excluding tert-OH is 4. The molecular weight excluding hydrogens is 502 g/mol. The maximum Gasteiger partial charge on any atom is 0.249 e. The van der Waals surface area contributed by atoms with Gasteiger partial charge < -0.3 is 25.7 Å². The Balaban J connectivity index is 4.01. The average molecular weight is 566 g/mol. The van der Waals surface area contributed by atoms with Gasteiger partial charge in [0.2, 0.25) is 5.91 Å². The van der Waals surface area contributed by atoms with Crippen molar-refractivity contribution in [2.75, 3.05) is 6.61 Å². The van der Waals surface area contributed by atoms with Gasteiger partial charge >= 0.3 is 0 Å². The fourth-order valence-corrected chi connectivity index (χ4v) is 4.59. The minimum Gasteiger partial charge on any atom is -0.394 e. The molecule has 0 aromatic rings. The van der Waals surface area contributed by atoms with Gasteiger partial charge in [0, 0.05) is 0 Å². The van der Waals surface area contributed by atoms with Crippen molar-refractivity contribution in [3.8, 4) is 0 Å². The van der Waals surface area contributed by atoms with Crippen LogP contribution in [0.3, 0.4) is 0 Å². The van der Waals surface area contributed by atoms with E-state index in [0.29, 0.717) is 25.7 Å². The zero-order valence-corrected chi connectivity index (χ0v) is 25.8. The Labute approximate surface area is 246 Å². The van der Waals surface area contributed by atoms with Gasteiger partial charge in [-0.3, -0.25) is 4.79 Å². The molecule has 234 valence electrons. The van der Waals surface area contributed by atoms with Crippen molar-refractivity contribution >= 4 is 5.91 Å². The second kappa shape index (κ2) is 29.0. The Morgan fingerprint density at radius 2 is 1.05 bits per heavy atom. The van der Waals surface area contributed by atoms with Gasteiger partial charge in [0.05, 0.1) is 18.8 Å². The SMILES string of the molecule is CCCCC/C=C/CC/C=C/CCCC(O)C(O)C(CO)NC(=O)C(O)CCCC/C=C\CCCCCCCC. The number of hydrogen-bond donors (Lipinski definition) is 5. The van der Waals surface area contributed by atoms with Crippen LogP contribution >= 0.6 is 0 Å². The van der Waals surface area contributed by atoms with Crippen LogP contribution in [0.25, 0.3) is 0 Å². The molecule has 0 fully saturated rings. The first-order valence-electron chi connectivity index (χ1n) is 16.4. The number of rotatable bonds is 28. The number of hydrogen-bond acceptors (Lipinski definition) is 5. The molecular formula is C34H63NO5. The monoisotopic (exact) mass is 565 g/mol. The smallest absolute Gasteiger partial charge is 0.249 e. The van der Waals surface area contributed by atoms with E-state index in [4.69, 9.17) is 0 Å². The summed E-state index contributed by atoms with van der Waals surface area (Å²) < 4.78 is 0. The number of carbonyl (C=O) groups excluding carboxylic acids is 1. The van der Waals surface area contributed by atoms with Crippen molar-refractivity contribution in [3.63, 3.8) is 0 Å². The molecule has 0 heterocycles. The summed E-state index contributed by atoms with van der Waals surface area (Å²) in [6.45, 7) is 3.93. The van der Waals surface area contributed by atoms with E-state index < -0.39 is 36.9 Å². The molecule has 0 aromatic carbocycles. The molecule has 6 nitrogen and oxygen atoms in total. The van der Waals surface area contributed by atoms with Crippen LogP contribution in [0.1, 0.15) is 142 Å². The van der Waals surface area contributed by atoms with Crippen LogP contribution in [-0.2, 0) is 4.79 Å². The largest absolute Gasteiger partial charge is 0.394 e. The van der Waals surface area contributed by atoms with Gasteiger partial charge in [-0.05, 0) is 77.0 Å². The Hall–Kier alpha value is -1.47. The van der Waals surface area contributed by atoms with E-state index in [2.05, 4.69) is 55.6 Å². The van der Waals surface area contributed by atoms with Gasteiger partial charge in [0.15, 0.2) is 0 Å². The minimum absolute atomic E-state index is 0.328. The summed E-state index contributed by atoms with van der Waals surface area (Å²) in [7, 11) is 0. The van der Waals surface area contributed by atoms with Crippen molar-refractivity contribution in [2.24, 2.45) is 0 Å². The second-order valence-electron chi connectivity index (χ2n) is 11.1. The average Bonchev–Trinajstić information content (AvgIpc) is 2.96. The summed E-state index contributed by atoms with van der Waals surface area (Å²) in [5.74, 6) is -0.619. The number of amides is 1. The highest BCUT2D eigenvalue weighted by atomic mass is 16.3. The van der Waals surface area contributed by atoms with Crippen LogP contribution in [0, 0.1) is 0 Å². The molecule has 0 aliphatic rings. The zero-order valence-electron chi connectivity index (χ0n) is 25.8. The van der Waals surface area contributed by atoms with Crippen LogP contribution in [0.15, 0.2) is 36.5 Å². The number of aliphatic hydroxyl groups is 4. The fraction of sp³-hybridized carbons (Fsp3) is 0.794. The van der Waals surface area contributed by atoms with Gasteiger partial charge in [0.1, 0.15) is 12.2 Å². The van der Waals surface area contributed by atoms with E-state index in [-0.39, 0.29) is 0 Å². The van der Waals surface area contributed by atoms with Crippen LogP contribution in [0.2, 0.25) is 0 Å². The van der Waals surface area contributed by atoms with Crippen LogP contribution in [0.5, 0.6) is 0 Å². The lowest BCUT2D eigenvalue weighted by atomic mass is 10.00. The molecule has 4 unspecified atom stereocenters. The Morgan fingerprint density at radius 3 is 1.62 bits per heavy atom. The highest BCUT2D eigenvalue weighted by Crippen LogP contribution is 2.12. The normalized spacial score (nSPS) is 15.2. The summed E-state index contributed by atoms with van der Waals surface area (Å²) >= 11 is 0. The quantitative estimate of drug-likeness (QED) is 0.0515. The number of unbranched alkanes of at least 4 members (excludes halogenated alkanes) is 13. The first-order chi connectivity index (χ1) is 19.5.